The molecule has 0 atom stereocenters. The number of para-hydroxylation sites is 2. The predicted molar refractivity (Wildman–Crippen MR) is 75.6 cm³/mol. The third-order valence-electron chi connectivity index (χ3n) is 3.12. The number of ether oxygens (including phenoxy) is 1. The molecule has 0 aliphatic heterocycles. The van der Waals surface area contributed by atoms with Crippen molar-refractivity contribution in [2.75, 3.05) is 6.61 Å². The highest BCUT2D eigenvalue weighted by molar-refractivity contribution is 5.76. The van der Waals surface area contributed by atoms with Crippen molar-refractivity contribution in [3.8, 4) is 0 Å². The van der Waals surface area contributed by atoms with Crippen molar-refractivity contribution in [1.29, 1.82) is 0 Å². The number of rotatable bonds is 7. The first kappa shape index (κ1) is 14.4. The molecule has 0 aliphatic carbocycles. The van der Waals surface area contributed by atoms with Gasteiger partial charge in [0.15, 0.2) is 5.58 Å². The minimum atomic E-state index is -0.533. The number of hydrogen-bond donors (Lipinski definition) is 0. The molecular formula is C15H19NO4. The molecule has 1 aromatic carbocycles. The Morgan fingerprint density at radius 1 is 1.25 bits per heavy atom. The molecule has 0 radical (unpaired) electrons. The zero-order chi connectivity index (χ0) is 14.4. The third-order valence-corrected chi connectivity index (χ3v) is 3.12. The topological polar surface area (TPSA) is 61.4 Å². The van der Waals surface area contributed by atoms with Crippen LogP contribution in [-0.2, 0) is 16.1 Å². The second-order valence-corrected chi connectivity index (χ2v) is 4.70. The number of hydrogen-bond acceptors (Lipinski definition) is 4. The Hall–Kier alpha value is -2.04. The molecule has 2 aromatic rings. The van der Waals surface area contributed by atoms with Gasteiger partial charge >= 0.3 is 11.7 Å². The molecule has 0 unspecified atom stereocenters. The fourth-order valence-electron chi connectivity index (χ4n) is 2.05. The summed E-state index contributed by atoms with van der Waals surface area (Å²) >= 11 is 0. The summed E-state index contributed by atoms with van der Waals surface area (Å²) in [6.45, 7) is 2.43. The fourth-order valence-corrected chi connectivity index (χ4v) is 2.05. The van der Waals surface area contributed by atoms with Gasteiger partial charge in [-0.3, -0.25) is 9.36 Å². The number of aromatic nitrogens is 1. The van der Waals surface area contributed by atoms with E-state index in [1.807, 2.05) is 0 Å². The highest BCUT2D eigenvalue weighted by Gasteiger charge is 2.12. The van der Waals surface area contributed by atoms with E-state index in [1.54, 1.807) is 24.3 Å². The number of carbonyl (C=O) groups excluding carboxylic acids is 1. The molecule has 0 bridgehead atoms. The number of unbranched alkanes of at least 4 members (excludes halogenated alkanes) is 3. The number of carbonyl (C=O) groups is 1. The molecule has 0 saturated carbocycles. The van der Waals surface area contributed by atoms with Gasteiger partial charge < -0.3 is 9.15 Å². The van der Waals surface area contributed by atoms with Crippen LogP contribution in [0.5, 0.6) is 0 Å². The van der Waals surface area contributed by atoms with Gasteiger partial charge in [-0.15, -0.1) is 0 Å². The maximum atomic E-state index is 11.7. The Kier molecular flexibility index (Phi) is 4.98. The molecule has 5 heteroatoms. The first-order valence-corrected chi connectivity index (χ1v) is 6.96. The molecule has 5 nitrogen and oxygen atoms in total. The van der Waals surface area contributed by atoms with E-state index in [0.717, 1.165) is 25.7 Å². The van der Waals surface area contributed by atoms with E-state index < -0.39 is 11.7 Å². The van der Waals surface area contributed by atoms with E-state index in [4.69, 9.17) is 9.15 Å². The highest BCUT2D eigenvalue weighted by atomic mass is 16.5. The van der Waals surface area contributed by atoms with Crippen LogP contribution in [0.15, 0.2) is 33.5 Å². The molecule has 0 fully saturated rings. The van der Waals surface area contributed by atoms with Crippen molar-refractivity contribution in [2.24, 2.45) is 0 Å². The van der Waals surface area contributed by atoms with Crippen molar-refractivity contribution < 1.29 is 13.9 Å². The average Bonchev–Trinajstić information content (AvgIpc) is 2.75. The van der Waals surface area contributed by atoms with Crippen LogP contribution in [0.25, 0.3) is 11.1 Å². The van der Waals surface area contributed by atoms with E-state index in [0.29, 0.717) is 17.7 Å². The second kappa shape index (κ2) is 6.93. The number of esters is 1. The lowest BCUT2D eigenvalue weighted by atomic mass is 10.2. The van der Waals surface area contributed by atoms with Gasteiger partial charge in [0.1, 0.15) is 6.54 Å². The molecule has 1 heterocycles. The summed E-state index contributed by atoms with van der Waals surface area (Å²) in [6.07, 6.45) is 4.20. The van der Waals surface area contributed by atoms with Crippen LogP contribution in [0, 0.1) is 0 Å². The molecule has 2 rings (SSSR count). The monoisotopic (exact) mass is 277 g/mol. The van der Waals surface area contributed by atoms with Gasteiger partial charge in [0.2, 0.25) is 0 Å². The number of oxazole rings is 1. The molecule has 108 valence electrons. The Morgan fingerprint density at radius 2 is 2.05 bits per heavy atom. The van der Waals surface area contributed by atoms with E-state index in [-0.39, 0.29) is 6.54 Å². The summed E-state index contributed by atoms with van der Waals surface area (Å²) in [6, 6.07) is 7.02. The van der Waals surface area contributed by atoms with Crippen LogP contribution in [0.4, 0.5) is 0 Å². The molecule has 0 aliphatic rings. The summed E-state index contributed by atoms with van der Waals surface area (Å²) in [7, 11) is 0. The zero-order valence-electron chi connectivity index (χ0n) is 11.6. The van der Waals surface area contributed by atoms with Crippen LogP contribution in [0.3, 0.4) is 0 Å². The quantitative estimate of drug-likeness (QED) is 0.576. The lowest BCUT2D eigenvalue weighted by Crippen LogP contribution is -2.21. The molecule has 0 amide bonds. The van der Waals surface area contributed by atoms with Crippen molar-refractivity contribution in [2.45, 2.75) is 39.2 Å². The third kappa shape index (κ3) is 3.50. The minimum absolute atomic E-state index is 0.108. The van der Waals surface area contributed by atoms with Gasteiger partial charge in [0, 0.05) is 0 Å². The van der Waals surface area contributed by atoms with Crippen LogP contribution >= 0.6 is 0 Å². The normalized spacial score (nSPS) is 10.8. The lowest BCUT2D eigenvalue weighted by molar-refractivity contribution is -0.144. The van der Waals surface area contributed by atoms with Crippen LogP contribution in [-0.4, -0.2) is 17.1 Å². The van der Waals surface area contributed by atoms with E-state index in [1.165, 1.54) is 4.57 Å². The largest absolute Gasteiger partial charge is 0.464 e. The van der Waals surface area contributed by atoms with Crippen molar-refractivity contribution in [3.63, 3.8) is 0 Å². The summed E-state index contributed by atoms with van der Waals surface area (Å²) < 4.78 is 11.5. The number of fused-ring (bicyclic) bond motifs is 1. The average molecular weight is 277 g/mol. The molecule has 0 N–H and O–H groups in total. The Bertz CT molecular complexity index is 626. The molecule has 0 saturated heterocycles. The lowest BCUT2D eigenvalue weighted by Gasteiger charge is -2.05. The van der Waals surface area contributed by atoms with Gasteiger partial charge in [-0.2, -0.15) is 0 Å². The summed E-state index contributed by atoms with van der Waals surface area (Å²) in [4.78, 5) is 23.4. The number of nitrogens with zero attached hydrogens (tertiary/aromatic N) is 1. The molecule has 0 spiro atoms. The molecule has 20 heavy (non-hydrogen) atoms. The second-order valence-electron chi connectivity index (χ2n) is 4.70. The Labute approximate surface area is 117 Å². The van der Waals surface area contributed by atoms with E-state index in [9.17, 15) is 9.59 Å². The maximum Gasteiger partial charge on any atom is 0.420 e. The maximum absolute atomic E-state index is 11.7. The summed E-state index contributed by atoms with van der Waals surface area (Å²) in [5.41, 5.74) is 1.09. The van der Waals surface area contributed by atoms with Crippen molar-refractivity contribution in [3.05, 3.63) is 34.8 Å². The molecule has 1 aromatic heterocycles. The van der Waals surface area contributed by atoms with Gasteiger partial charge in [-0.25, -0.2) is 4.79 Å². The van der Waals surface area contributed by atoms with Gasteiger partial charge in [-0.05, 0) is 18.6 Å². The standard InChI is InChI=1S/C15H19NO4/c1-2-3-4-7-10-19-14(17)11-16-12-8-5-6-9-13(12)20-15(16)18/h5-6,8-9H,2-4,7,10-11H2,1H3. The smallest absolute Gasteiger partial charge is 0.420 e. The Balaban J connectivity index is 1.93. The predicted octanol–water partition coefficient (Wildman–Crippen LogP) is 2.72. The first-order valence-electron chi connectivity index (χ1n) is 6.96. The van der Waals surface area contributed by atoms with Gasteiger partial charge in [0.25, 0.3) is 0 Å². The first-order chi connectivity index (χ1) is 9.72. The summed E-state index contributed by atoms with van der Waals surface area (Å²) in [5, 5.41) is 0. The minimum Gasteiger partial charge on any atom is -0.464 e. The zero-order valence-corrected chi connectivity index (χ0v) is 11.6. The molecular weight excluding hydrogens is 258 g/mol. The van der Waals surface area contributed by atoms with Crippen molar-refractivity contribution >= 4 is 17.1 Å². The van der Waals surface area contributed by atoms with Crippen LogP contribution in [0.2, 0.25) is 0 Å². The highest BCUT2D eigenvalue weighted by Crippen LogP contribution is 2.11. The van der Waals surface area contributed by atoms with Crippen LogP contribution in [0.1, 0.15) is 32.6 Å². The summed E-state index contributed by atoms with van der Waals surface area (Å²) in [5.74, 6) is -0.940. The van der Waals surface area contributed by atoms with Gasteiger partial charge in [0.05, 0.1) is 12.1 Å². The SMILES string of the molecule is CCCCCCOC(=O)Cn1c(=O)oc2ccccc21. The Morgan fingerprint density at radius 3 is 2.85 bits per heavy atom. The van der Waals surface area contributed by atoms with Crippen LogP contribution < -0.4 is 5.76 Å². The van der Waals surface area contributed by atoms with Gasteiger partial charge in [-0.1, -0.05) is 38.3 Å². The van der Waals surface area contributed by atoms with E-state index in [2.05, 4.69) is 6.92 Å². The van der Waals surface area contributed by atoms with Crippen molar-refractivity contribution in [1.82, 2.24) is 4.57 Å². The number of benzene rings is 1. The fraction of sp³-hybridized carbons (Fsp3) is 0.467. The van der Waals surface area contributed by atoms with E-state index >= 15 is 0 Å².